The van der Waals surface area contributed by atoms with Crippen molar-refractivity contribution in [2.24, 2.45) is 7.05 Å². The molecule has 0 aliphatic carbocycles. The van der Waals surface area contributed by atoms with Gasteiger partial charge >= 0.3 is 0 Å². The molecule has 1 aliphatic rings. The lowest BCUT2D eigenvalue weighted by molar-refractivity contribution is 0.0698. The smallest absolute Gasteiger partial charge is 0.270 e. The Labute approximate surface area is 141 Å². The monoisotopic (exact) mass is 322 g/mol. The number of fused-ring (bicyclic) bond motifs is 1. The van der Waals surface area contributed by atoms with Crippen LogP contribution in [0.1, 0.15) is 40.8 Å². The number of aryl methyl sites for hydroxylation is 2. The van der Waals surface area contributed by atoms with Crippen LogP contribution in [-0.2, 0) is 7.05 Å². The van der Waals surface area contributed by atoms with E-state index in [0.717, 1.165) is 48.4 Å². The molecule has 1 unspecified atom stereocenters. The van der Waals surface area contributed by atoms with Crippen molar-refractivity contribution in [3.05, 3.63) is 53.7 Å². The normalized spacial score (nSPS) is 18.2. The lowest BCUT2D eigenvalue weighted by atomic mass is 9.97. The van der Waals surface area contributed by atoms with Crippen LogP contribution in [0.25, 0.3) is 10.9 Å². The Morgan fingerprint density at radius 2 is 2.17 bits per heavy atom. The molecule has 1 N–H and O–H groups in total. The number of piperidine rings is 1. The summed E-state index contributed by atoms with van der Waals surface area (Å²) in [5.41, 5.74) is 2.72. The van der Waals surface area contributed by atoms with Gasteiger partial charge in [-0.2, -0.15) is 0 Å². The van der Waals surface area contributed by atoms with E-state index in [2.05, 4.69) is 14.5 Å². The van der Waals surface area contributed by atoms with Crippen LogP contribution < -0.4 is 0 Å². The Hall–Kier alpha value is -2.56. The third-order valence-corrected chi connectivity index (χ3v) is 4.87. The molecular formula is C19H22N4O. The van der Waals surface area contributed by atoms with Crippen molar-refractivity contribution in [3.8, 4) is 0 Å². The standard InChI is InChI=1S/C19H22N4O/c1-13-11-22(2)18(20-13)15-7-5-9-23(12-15)19(24)17-10-14-6-3-4-8-16(14)21-17/h3-4,6,8,10-11,15,21H,5,7,9,12H2,1-2H3. The number of imidazole rings is 1. The molecule has 0 saturated carbocycles. The fraction of sp³-hybridized carbons (Fsp3) is 0.368. The Balaban J connectivity index is 1.57. The van der Waals surface area contributed by atoms with Gasteiger partial charge in [0.1, 0.15) is 11.5 Å². The van der Waals surface area contributed by atoms with Crippen LogP contribution in [0.5, 0.6) is 0 Å². The van der Waals surface area contributed by atoms with E-state index in [4.69, 9.17) is 0 Å². The van der Waals surface area contributed by atoms with E-state index in [1.54, 1.807) is 0 Å². The van der Waals surface area contributed by atoms with E-state index in [1.807, 2.05) is 55.4 Å². The predicted molar refractivity (Wildman–Crippen MR) is 94.1 cm³/mol. The number of likely N-dealkylation sites (tertiary alicyclic amines) is 1. The highest BCUT2D eigenvalue weighted by Crippen LogP contribution is 2.27. The maximum atomic E-state index is 12.9. The van der Waals surface area contributed by atoms with E-state index in [-0.39, 0.29) is 5.91 Å². The summed E-state index contributed by atoms with van der Waals surface area (Å²) in [7, 11) is 2.04. The van der Waals surface area contributed by atoms with Crippen LogP contribution in [0.2, 0.25) is 0 Å². The minimum Gasteiger partial charge on any atom is -0.351 e. The van der Waals surface area contributed by atoms with Crippen LogP contribution in [-0.4, -0.2) is 38.4 Å². The minimum absolute atomic E-state index is 0.0850. The van der Waals surface area contributed by atoms with Gasteiger partial charge in [0.25, 0.3) is 5.91 Å². The first-order valence-corrected chi connectivity index (χ1v) is 8.48. The molecule has 5 nitrogen and oxygen atoms in total. The average molecular weight is 322 g/mol. The van der Waals surface area contributed by atoms with Gasteiger partial charge in [-0.1, -0.05) is 18.2 Å². The fourth-order valence-electron chi connectivity index (χ4n) is 3.75. The molecule has 3 heterocycles. The van der Waals surface area contributed by atoms with E-state index in [1.165, 1.54) is 0 Å². The van der Waals surface area contributed by atoms with Crippen LogP contribution in [0, 0.1) is 6.92 Å². The van der Waals surface area contributed by atoms with Crippen molar-refractivity contribution in [1.82, 2.24) is 19.4 Å². The SMILES string of the molecule is Cc1cn(C)c(C2CCCN(C(=O)c3cc4ccccc4[nH]3)C2)n1. The summed E-state index contributed by atoms with van der Waals surface area (Å²) < 4.78 is 2.09. The summed E-state index contributed by atoms with van der Waals surface area (Å²) in [6.07, 6.45) is 4.15. The maximum absolute atomic E-state index is 12.9. The fourth-order valence-corrected chi connectivity index (χ4v) is 3.75. The number of aromatic amines is 1. The molecule has 0 spiro atoms. The van der Waals surface area contributed by atoms with Crippen molar-refractivity contribution in [1.29, 1.82) is 0 Å². The molecule has 24 heavy (non-hydrogen) atoms. The number of rotatable bonds is 2. The van der Waals surface area contributed by atoms with Crippen LogP contribution in [0.3, 0.4) is 0 Å². The zero-order valence-electron chi connectivity index (χ0n) is 14.1. The quantitative estimate of drug-likeness (QED) is 0.787. The van der Waals surface area contributed by atoms with Gasteiger partial charge in [0.05, 0.1) is 5.69 Å². The number of hydrogen-bond acceptors (Lipinski definition) is 2. The highest BCUT2D eigenvalue weighted by molar-refractivity contribution is 5.98. The highest BCUT2D eigenvalue weighted by atomic mass is 16.2. The molecule has 1 saturated heterocycles. The molecule has 0 radical (unpaired) electrons. The summed E-state index contributed by atoms with van der Waals surface area (Å²) in [4.78, 5) is 22.8. The molecule has 3 aromatic rings. The number of nitrogens with zero attached hydrogens (tertiary/aromatic N) is 3. The molecule has 1 amide bonds. The molecule has 2 aromatic heterocycles. The summed E-state index contributed by atoms with van der Waals surface area (Å²) in [6, 6.07) is 9.95. The number of nitrogens with one attached hydrogen (secondary N) is 1. The molecule has 1 aliphatic heterocycles. The van der Waals surface area contributed by atoms with Gasteiger partial charge < -0.3 is 14.5 Å². The average Bonchev–Trinajstić information content (AvgIpc) is 3.17. The number of amides is 1. The van der Waals surface area contributed by atoms with Gasteiger partial charge in [-0.05, 0) is 31.9 Å². The van der Waals surface area contributed by atoms with E-state index < -0.39 is 0 Å². The van der Waals surface area contributed by atoms with E-state index >= 15 is 0 Å². The molecule has 0 bridgehead atoms. The zero-order valence-corrected chi connectivity index (χ0v) is 14.1. The summed E-state index contributed by atoms with van der Waals surface area (Å²) in [6.45, 7) is 3.56. The lowest BCUT2D eigenvalue weighted by Crippen LogP contribution is -2.39. The second kappa shape index (κ2) is 5.82. The molecule has 1 fully saturated rings. The molecule has 1 atom stereocenters. The number of carbonyl (C=O) groups excluding carboxylic acids is 1. The Kier molecular flexibility index (Phi) is 3.63. The Morgan fingerprint density at radius 3 is 2.92 bits per heavy atom. The summed E-state index contributed by atoms with van der Waals surface area (Å²) in [5.74, 6) is 1.48. The minimum atomic E-state index is 0.0850. The first-order valence-electron chi connectivity index (χ1n) is 8.48. The van der Waals surface area contributed by atoms with Gasteiger partial charge in [-0.25, -0.2) is 4.98 Å². The van der Waals surface area contributed by atoms with Crippen molar-refractivity contribution in [2.45, 2.75) is 25.7 Å². The van der Waals surface area contributed by atoms with Crippen LogP contribution >= 0.6 is 0 Å². The molecular weight excluding hydrogens is 300 g/mol. The van der Waals surface area contributed by atoms with Gasteiger partial charge in [0, 0.05) is 43.2 Å². The first kappa shape index (κ1) is 15.0. The van der Waals surface area contributed by atoms with E-state index in [9.17, 15) is 4.79 Å². The maximum Gasteiger partial charge on any atom is 0.270 e. The topological polar surface area (TPSA) is 53.9 Å². The Morgan fingerprint density at radius 1 is 1.33 bits per heavy atom. The third kappa shape index (κ3) is 2.60. The van der Waals surface area contributed by atoms with Crippen molar-refractivity contribution >= 4 is 16.8 Å². The number of H-pyrrole nitrogens is 1. The Bertz CT molecular complexity index is 859. The lowest BCUT2D eigenvalue weighted by Gasteiger charge is -2.32. The van der Waals surface area contributed by atoms with Crippen molar-refractivity contribution < 1.29 is 4.79 Å². The van der Waals surface area contributed by atoms with Crippen molar-refractivity contribution in [2.75, 3.05) is 13.1 Å². The highest BCUT2D eigenvalue weighted by Gasteiger charge is 2.28. The largest absolute Gasteiger partial charge is 0.351 e. The molecule has 5 heteroatoms. The van der Waals surface area contributed by atoms with Crippen molar-refractivity contribution in [3.63, 3.8) is 0 Å². The second-order valence-corrected chi connectivity index (χ2v) is 6.71. The second-order valence-electron chi connectivity index (χ2n) is 6.71. The first-order chi connectivity index (χ1) is 11.6. The van der Waals surface area contributed by atoms with Gasteiger partial charge in [0.15, 0.2) is 0 Å². The van der Waals surface area contributed by atoms with Crippen LogP contribution in [0.4, 0.5) is 0 Å². The summed E-state index contributed by atoms with van der Waals surface area (Å²) in [5, 5.41) is 1.08. The molecule has 1 aromatic carbocycles. The number of benzene rings is 1. The van der Waals surface area contributed by atoms with Gasteiger partial charge in [-0.15, -0.1) is 0 Å². The summed E-state index contributed by atoms with van der Waals surface area (Å²) >= 11 is 0. The number of carbonyl (C=O) groups is 1. The van der Waals surface area contributed by atoms with Crippen LogP contribution in [0.15, 0.2) is 36.5 Å². The zero-order chi connectivity index (χ0) is 16.7. The number of aromatic nitrogens is 3. The van der Waals surface area contributed by atoms with Gasteiger partial charge in [0.2, 0.25) is 0 Å². The van der Waals surface area contributed by atoms with E-state index in [0.29, 0.717) is 11.6 Å². The molecule has 4 rings (SSSR count). The molecule has 124 valence electrons. The number of hydrogen-bond donors (Lipinski definition) is 1. The van der Waals surface area contributed by atoms with Gasteiger partial charge in [-0.3, -0.25) is 4.79 Å². The predicted octanol–water partition coefficient (Wildman–Crippen LogP) is 3.23. The third-order valence-electron chi connectivity index (χ3n) is 4.87. The number of para-hydroxylation sites is 1.